The first-order chi connectivity index (χ1) is 9.67. The summed E-state index contributed by atoms with van der Waals surface area (Å²) in [5.41, 5.74) is 4.75. The quantitative estimate of drug-likeness (QED) is 0.657. The Hall–Kier alpha value is -1.76. The third-order valence-electron chi connectivity index (χ3n) is 3.08. The molecule has 0 aliphatic carbocycles. The molecule has 1 aromatic heterocycles. The molecule has 0 saturated carbocycles. The zero-order valence-electron chi connectivity index (χ0n) is 10.5. The third-order valence-corrected chi connectivity index (χ3v) is 3.30. The molecule has 5 nitrogen and oxygen atoms in total. The van der Waals surface area contributed by atoms with E-state index in [1.807, 2.05) is 0 Å². The Morgan fingerprint density at radius 3 is 2.90 bits per heavy atom. The van der Waals surface area contributed by atoms with E-state index >= 15 is 0 Å². The van der Waals surface area contributed by atoms with E-state index in [1.165, 1.54) is 12.1 Å². The van der Waals surface area contributed by atoms with Crippen LogP contribution in [0.25, 0.3) is 11.4 Å². The van der Waals surface area contributed by atoms with Gasteiger partial charge in [0.15, 0.2) is 5.82 Å². The Labute approximate surface area is 119 Å². The minimum atomic E-state index is -0.431. The largest absolute Gasteiger partial charge is 0.376 e. The molecule has 0 radical (unpaired) electrons. The summed E-state index contributed by atoms with van der Waals surface area (Å²) in [5.74, 6) is 5.93. The monoisotopic (exact) mass is 294 g/mol. The second-order valence-corrected chi connectivity index (χ2v) is 4.86. The SMILES string of the molecule is NNc1nc(-c2cc(F)cc(Cl)c2)nc2c1COCC2. The lowest BCUT2D eigenvalue weighted by Gasteiger charge is -2.19. The van der Waals surface area contributed by atoms with Crippen LogP contribution in [-0.4, -0.2) is 16.6 Å². The molecule has 0 amide bonds. The number of nitrogens with zero attached hydrogens (tertiary/aromatic N) is 2. The maximum atomic E-state index is 13.4. The first-order valence-electron chi connectivity index (χ1n) is 6.08. The highest BCUT2D eigenvalue weighted by Gasteiger charge is 2.18. The molecule has 7 heteroatoms. The lowest BCUT2D eigenvalue weighted by molar-refractivity contribution is 0.109. The minimum Gasteiger partial charge on any atom is -0.376 e. The number of hydrogen-bond acceptors (Lipinski definition) is 5. The van der Waals surface area contributed by atoms with Gasteiger partial charge in [-0.1, -0.05) is 11.6 Å². The number of rotatable bonds is 2. The number of nitrogens with one attached hydrogen (secondary N) is 1. The fourth-order valence-corrected chi connectivity index (χ4v) is 2.39. The summed E-state index contributed by atoms with van der Waals surface area (Å²) in [6, 6.07) is 4.19. The Bertz CT molecular complexity index is 628. The van der Waals surface area contributed by atoms with Crippen molar-refractivity contribution in [1.29, 1.82) is 0 Å². The van der Waals surface area contributed by atoms with Crippen molar-refractivity contribution in [3.8, 4) is 11.4 Å². The summed E-state index contributed by atoms with van der Waals surface area (Å²) in [6.07, 6.45) is 0.669. The van der Waals surface area contributed by atoms with Crippen molar-refractivity contribution in [2.75, 3.05) is 12.0 Å². The van der Waals surface area contributed by atoms with Crippen LogP contribution < -0.4 is 11.3 Å². The van der Waals surface area contributed by atoms with Gasteiger partial charge >= 0.3 is 0 Å². The van der Waals surface area contributed by atoms with Gasteiger partial charge in [0, 0.05) is 22.6 Å². The van der Waals surface area contributed by atoms with E-state index in [2.05, 4.69) is 15.4 Å². The summed E-state index contributed by atoms with van der Waals surface area (Å²) in [4.78, 5) is 8.77. The van der Waals surface area contributed by atoms with Gasteiger partial charge in [-0.15, -0.1) is 0 Å². The number of nitrogen functional groups attached to an aromatic ring is 1. The lowest BCUT2D eigenvalue weighted by atomic mass is 10.1. The van der Waals surface area contributed by atoms with Gasteiger partial charge in [-0.25, -0.2) is 20.2 Å². The lowest BCUT2D eigenvalue weighted by Crippen LogP contribution is -2.19. The van der Waals surface area contributed by atoms with Gasteiger partial charge < -0.3 is 10.2 Å². The van der Waals surface area contributed by atoms with Crippen molar-refractivity contribution in [2.24, 2.45) is 5.84 Å². The zero-order chi connectivity index (χ0) is 14.1. The van der Waals surface area contributed by atoms with E-state index in [0.29, 0.717) is 41.9 Å². The molecular formula is C13H12ClFN4O. The molecule has 1 aliphatic heterocycles. The summed E-state index contributed by atoms with van der Waals surface area (Å²) in [7, 11) is 0. The third kappa shape index (κ3) is 2.45. The van der Waals surface area contributed by atoms with Crippen LogP contribution in [0.4, 0.5) is 10.2 Å². The maximum absolute atomic E-state index is 13.4. The van der Waals surface area contributed by atoms with Crippen LogP contribution in [-0.2, 0) is 17.8 Å². The second-order valence-electron chi connectivity index (χ2n) is 4.43. The molecule has 20 heavy (non-hydrogen) atoms. The number of benzene rings is 1. The van der Waals surface area contributed by atoms with E-state index in [-0.39, 0.29) is 0 Å². The molecule has 1 aliphatic rings. The van der Waals surface area contributed by atoms with E-state index in [1.54, 1.807) is 6.07 Å². The standard InChI is InChI=1S/C13H12ClFN4O/c14-8-3-7(4-9(15)5-8)12-17-11-1-2-20-6-10(11)13(18-12)19-16/h3-5H,1-2,6,16H2,(H,17,18,19). The van der Waals surface area contributed by atoms with Gasteiger partial charge in [0.05, 0.1) is 18.9 Å². The van der Waals surface area contributed by atoms with E-state index < -0.39 is 5.82 Å². The van der Waals surface area contributed by atoms with Gasteiger partial charge in [0.25, 0.3) is 0 Å². The van der Waals surface area contributed by atoms with Crippen molar-refractivity contribution >= 4 is 17.4 Å². The predicted molar refractivity (Wildman–Crippen MR) is 73.6 cm³/mol. The number of ether oxygens (including phenoxy) is 1. The van der Waals surface area contributed by atoms with Crippen molar-refractivity contribution < 1.29 is 9.13 Å². The molecule has 0 bridgehead atoms. The Balaban J connectivity index is 2.14. The van der Waals surface area contributed by atoms with Gasteiger partial charge in [0.2, 0.25) is 0 Å². The average Bonchev–Trinajstić information content (AvgIpc) is 2.45. The molecule has 0 fully saturated rings. The maximum Gasteiger partial charge on any atom is 0.161 e. The van der Waals surface area contributed by atoms with Gasteiger partial charge in [-0.2, -0.15) is 0 Å². The topological polar surface area (TPSA) is 73.1 Å². The normalized spacial score (nSPS) is 13.9. The van der Waals surface area contributed by atoms with Crippen molar-refractivity contribution in [1.82, 2.24) is 9.97 Å². The van der Waals surface area contributed by atoms with Gasteiger partial charge in [0.1, 0.15) is 11.6 Å². The summed E-state index contributed by atoms with van der Waals surface area (Å²) >= 11 is 5.86. The van der Waals surface area contributed by atoms with Gasteiger partial charge in [-0.3, -0.25) is 0 Å². The number of anilines is 1. The molecule has 2 heterocycles. The second kappa shape index (κ2) is 5.32. The number of fused-ring (bicyclic) bond motifs is 1. The Morgan fingerprint density at radius 1 is 1.30 bits per heavy atom. The van der Waals surface area contributed by atoms with Crippen LogP contribution in [0.3, 0.4) is 0 Å². The molecular weight excluding hydrogens is 283 g/mol. The molecule has 0 unspecified atom stereocenters. The first kappa shape index (κ1) is 13.2. The number of hydrogen-bond donors (Lipinski definition) is 2. The smallest absolute Gasteiger partial charge is 0.161 e. The fraction of sp³-hybridized carbons (Fsp3) is 0.231. The summed E-state index contributed by atoms with van der Waals surface area (Å²) in [6.45, 7) is 1.01. The molecule has 3 N–H and O–H groups in total. The van der Waals surface area contributed by atoms with Crippen molar-refractivity contribution in [2.45, 2.75) is 13.0 Å². The van der Waals surface area contributed by atoms with Gasteiger partial charge in [-0.05, 0) is 18.2 Å². The van der Waals surface area contributed by atoms with E-state index in [4.69, 9.17) is 22.2 Å². The van der Waals surface area contributed by atoms with Crippen LogP contribution in [0.1, 0.15) is 11.3 Å². The minimum absolute atomic E-state index is 0.298. The van der Waals surface area contributed by atoms with Crippen molar-refractivity contribution in [3.05, 3.63) is 40.3 Å². The molecule has 0 atom stereocenters. The molecule has 3 rings (SSSR count). The summed E-state index contributed by atoms with van der Waals surface area (Å²) < 4.78 is 18.8. The predicted octanol–water partition coefficient (Wildman–Crippen LogP) is 2.29. The highest BCUT2D eigenvalue weighted by Crippen LogP contribution is 2.27. The number of hydrazine groups is 1. The molecule has 104 valence electrons. The molecule has 0 saturated heterocycles. The van der Waals surface area contributed by atoms with Crippen LogP contribution in [0.15, 0.2) is 18.2 Å². The number of aromatic nitrogens is 2. The number of halogens is 2. The molecule has 2 aromatic rings. The fourth-order valence-electron chi connectivity index (χ4n) is 2.16. The molecule has 1 aromatic carbocycles. The van der Waals surface area contributed by atoms with Crippen LogP contribution >= 0.6 is 11.6 Å². The Kier molecular flexibility index (Phi) is 3.52. The molecule has 0 spiro atoms. The van der Waals surface area contributed by atoms with Crippen LogP contribution in [0.5, 0.6) is 0 Å². The Morgan fingerprint density at radius 2 is 2.15 bits per heavy atom. The highest BCUT2D eigenvalue weighted by molar-refractivity contribution is 6.30. The van der Waals surface area contributed by atoms with Crippen molar-refractivity contribution in [3.63, 3.8) is 0 Å². The van der Waals surface area contributed by atoms with Crippen LogP contribution in [0, 0.1) is 5.82 Å². The average molecular weight is 295 g/mol. The zero-order valence-corrected chi connectivity index (χ0v) is 11.2. The first-order valence-corrected chi connectivity index (χ1v) is 6.46. The summed E-state index contributed by atoms with van der Waals surface area (Å²) in [5, 5.41) is 0.298. The highest BCUT2D eigenvalue weighted by atomic mass is 35.5. The van der Waals surface area contributed by atoms with Crippen LogP contribution in [0.2, 0.25) is 5.02 Å². The van der Waals surface area contributed by atoms with E-state index in [0.717, 1.165) is 11.3 Å². The van der Waals surface area contributed by atoms with E-state index in [9.17, 15) is 4.39 Å². The number of nitrogens with two attached hydrogens (primary N) is 1.